The predicted octanol–water partition coefficient (Wildman–Crippen LogP) is 5.92. The summed E-state index contributed by atoms with van der Waals surface area (Å²) in [6.45, 7) is 0. The molecule has 9 heteroatoms. The summed E-state index contributed by atoms with van der Waals surface area (Å²) in [5, 5.41) is 13.8. The number of aromatic nitrogens is 1. The van der Waals surface area contributed by atoms with Gasteiger partial charge in [0.1, 0.15) is 17.0 Å². The third-order valence-corrected chi connectivity index (χ3v) is 5.15. The van der Waals surface area contributed by atoms with E-state index in [1.165, 1.54) is 31.4 Å². The van der Waals surface area contributed by atoms with Crippen LogP contribution in [0, 0.1) is 10.1 Å². The molecule has 5 rings (SSSR count). The first-order valence-corrected chi connectivity index (χ1v) is 10.2. The van der Waals surface area contributed by atoms with E-state index < -0.39 is 10.8 Å². The Kier molecular flexibility index (Phi) is 5.27. The van der Waals surface area contributed by atoms with Crippen molar-refractivity contribution in [1.29, 1.82) is 0 Å². The summed E-state index contributed by atoms with van der Waals surface area (Å²) in [6.07, 6.45) is 0. The van der Waals surface area contributed by atoms with E-state index in [9.17, 15) is 14.9 Å². The zero-order chi connectivity index (χ0) is 23.7. The first kappa shape index (κ1) is 21.0. The number of oxazole rings is 1. The molecule has 2 aromatic heterocycles. The number of non-ortho nitro benzene ring substituents is 1. The van der Waals surface area contributed by atoms with Crippen LogP contribution in [0.4, 0.5) is 11.4 Å². The largest absolute Gasteiger partial charge is 0.496 e. The number of para-hydroxylation sites is 2. The summed E-state index contributed by atoms with van der Waals surface area (Å²) in [5.41, 5.74) is 3.06. The fourth-order valence-electron chi connectivity index (χ4n) is 3.52. The minimum absolute atomic E-state index is 0.0719. The molecule has 0 spiro atoms. The molecule has 34 heavy (non-hydrogen) atoms. The molecule has 5 aromatic rings. The summed E-state index contributed by atoms with van der Waals surface area (Å²) < 4.78 is 16.8. The predicted molar refractivity (Wildman–Crippen MR) is 125 cm³/mol. The normalized spacial score (nSPS) is 10.9. The Morgan fingerprint density at radius 3 is 2.65 bits per heavy atom. The van der Waals surface area contributed by atoms with E-state index in [1.807, 2.05) is 30.3 Å². The molecule has 0 atom stereocenters. The van der Waals surface area contributed by atoms with Crippen molar-refractivity contribution in [1.82, 2.24) is 4.98 Å². The van der Waals surface area contributed by atoms with Crippen LogP contribution in [-0.2, 0) is 0 Å². The van der Waals surface area contributed by atoms with Crippen LogP contribution in [0.15, 0.2) is 87.7 Å². The van der Waals surface area contributed by atoms with Crippen molar-refractivity contribution in [3.8, 4) is 28.5 Å². The lowest BCUT2D eigenvalue weighted by molar-refractivity contribution is -0.384. The number of hydrogen-bond acceptors (Lipinski definition) is 7. The highest BCUT2D eigenvalue weighted by Gasteiger charge is 2.18. The van der Waals surface area contributed by atoms with Gasteiger partial charge in [0.2, 0.25) is 5.89 Å². The van der Waals surface area contributed by atoms with E-state index in [0.29, 0.717) is 34.0 Å². The highest BCUT2D eigenvalue weighted by molar-refractivity contribution is 6.03. The summed E-state index contributed by atoms with van der Waals surface area (Å²) in [6, 6.07) is 21.9. The van der Waals surface area contributed by atoms with Gasteiger partial charge in [-0.15, -0.1) is 0 Å². The smallest absolute Gasteiger partial charge is 0.291 e. The molecule has 1 amide bonds. The number of carbonyl (C=O) groups is 1. The van der Waals surface area contributed by atoms with Crippen LogP contribution in [0.5, 0.6) is 5.75 Å². The summed E-state index contributed by atoms with van der Waals surface area (Å²) in [5.74, 6) is 0.672. The molecule has 0 fully saturated rings. The fraction of sp³-hybridized carbons (Fsp3) is 0.0400. The first-order chi connectivity index (χ1) is 16.5. The standard InChI is InChI=1S/C25H17N3O6/c1-32-23-14-17(28(30)31)9-10-18(23)20-11-12-22(33-20)24(29)26-16-6-4-5-15(13-16)25-27-19-7-2-3-8-21(19)34-25/h2-14H,1H3,(H,26,29). The minimum Gasteiger partial charge on any atom is -0.496 e. The molecule has 0 unspecified atom stereocenters. The quantitative estimate of drug-likeness (QED) is 0.249. The summed E-state index contributed by atoms with van der Waals surface area (Å²) >= 11 is 0. The van der Waals surface area contributed by atoms with Crippen molar-refractivity contribution in [2.75, 3.05) is 12.4 Å². The highest BCUT2D eigenvalue weighted by Crippen LogP contribution is 2.34. The number of fused-ring (bicyclic) bond motifs is 1. The molecule has 168 valence electrons. The molecule has 0 radical (unpaired) electrons. The Morgan fingerprint density at radius 2 is 1.85 bits per heavy atom. The topological polar surface area (TPSA) is 121 Å². The van der Waals surface area contributed by atoms with Crippen molar-refractivity contribution in [2.24, 2.45) is 0 Å². The molecule has 0 saturated heterocycles. The maximum absolute atomic E-state index is 12.8. The van der Waals surface area contributed by atoms with Gasteiger partial charge in [0, 0.05) is 17.3 Å². The van der Waals surface area contributed by atoms with Crippen molar-refractivity contribution < 1.29 is 23.3 Å². The number of methoxy groups -OCH3 is 1. The summed E-state index contributed by atoms with van der Waals surface area (Å²) in [7, 11) is 1.41. The molecule has 2 heterocycles. The molecule has 0 saturated carbocycles. The van der Waals surface area contributed by atoms with Crippen LogP contribution in [0.3, 0.4) is 0 Å². The van der Waals surface area contributed by atoms with Crippen molar-refractivity contribution in [2.45, 2.75) is 0 Å². The van der Waals surface area contributed by atoms with Crippen LogP contribution in [0.25, 0.3) is 33.9 Å². The summed E-state index contributed by atoms with van der Waals surface area (Å²) in [4.78, 5) is 27.8. The molecule has 1 N–H and O–H groups in total. The van der Waals surface area contributed by atoms with Crippen molar-refractivity contribution in [3.63, 3.8) is 0 Å². The Bertz CT molecular complexity index is 1500. The number of hydrogen-bond donors (Lipinski definition) is 1. The molecule has 0 bridgehead atoms. The number of nitrogens with zero attached hydrogens (tertiary/aromatic N) is 2. The van der Waals surface area contributed by atoms with Gasteiger partial charge in [0.15, 0.2) is 11.3 Å². The van der Waals surface area contributed by atoms with Gasteiger partial charge in [0.05, 0.1) is 23.7 Å². The molecule has 0 aliphatic rings. The number of furan rings is 1. The van der Waals surface area contributed by atoms with Gasteiger partial charge in [-0.2, -0.15) is 0 Å². The van der Waals surface area contributed by atoms with Crippen LogP contribution < -0.4 is 10.1 Å². The van der Waals surface area contributed by atoms with Gasteiger partial charge in [0.25, 0.3) is 11.6 Å². The second-order valence-electron chi connectivity index (χ2n) is 7.33. The highest BCUT2D eigenvalue weighted by atomic mass is 16.6. The van der Waals surface area contributed by atoms with E-state index in [1.54, 1.807) is 24.3 Å². The van der Waals surface area contributed by atoms with Crippen LogP contribution >= 0.6 is 0 Å². The van der Waals surface area contributed by atoms with Gasteiger partial charge in [-0.1, -0.05) is 18.2 Å². The third kappa shape index (κ3) is 3.97. The molecular weight excluding hydrogens is 438 g/mol. The van der Waals surface area contributed by atoms with E-state index in [0.717, 1.165) is 5.52 Å². The SMILES string of the molecule is COc1cc([N+](=O)[O-])ccc1-c1ccc(C(=O)Nc2cccc(-c3nc4ccccc4o3)c2)o1. The monoisotopic (exact) mass is 455 g/mol. The Labute approximate surface area is 192 Å². The van der Waals surface area contributed by atoms with E-state index in [4.69, 9.17) is 13.6 Å². The number of nitro groups is 1. The molecular formula is C25H17N3O6. The number of nitrogens with one attached hydrogen (secondary N) is 1. The van der Waals surface area contributed by atoms with Gasteiger partial charge in [-0.3, -0.25) is 14.9 Å². The number of amides is 1. The third-order valence-electron chi connectivity index (χ3n) is 5.15. The Morgan fingerprint density at radius 1 is 1.00 bits per heavy atom. The second-order valence-corrected chi connectivity index (χ2v) is 7.33. The van der Waals surface area contributed by atoms with Crippen LogP contribution in [0.1, 0.15) is 10.6 Å². The Hall–Kier alpha value is -4.92. The number of benzene rings is 3. The van der Waals surface area contributed by atoms with E-state index in [2.05, 4.69) is 10.3 Å². The Balaban J connectivity index is 1.37. The number of ether oxygens (including phenoxy) is 1. The number of nitro benzene ring substituents is 1. The zero-order valence-electron chi connectivity index (χ0n) is 17.8. The molecule has 0 aliphatic heterocycles. The molecule has 0 aliphatic carbocycles. The average Bonchev–Trinajstić information content (AvgIpc) is 3.51. The lowest BCUT2D eigenvalue weighted by Gasteiger charge is -2.06. The molecule has 9 nitrogen and oxygen atoms in total. The van der Waals surface area contributed by atoms with Crippen molar-refractivity contribution >= 4 is 28.4 Å². The maximum atomic E-state index is 12.8. The number of rotatable bonds is 6. The van der Waals surface area contributed by atoms with Gasteiger partial charge >= 0.3 is 0 Å². The van der Waals surface area contributed by atoms with Crippen molar-refractivity contribution in [3.05, 3.63) is 94.7 Å². The first-order valence-electron chi connectivity index (χ1n) is 10.2. The number of anilines is 1. The van der Waals surface area contributed by atoms with Crippen LogP contribution in [-0.4, -0.2) is 22.9 Å². The lowest BCUT2D eigenvalue weighted by Crippen LogP contribution is -2.10. The lowest BCUT2D eigenvalue weighted by atomic mass is 10.1. The fourth-order valence-corrected chi connectivity index (χ4v) is 3.52. The zero-order valence-corrected chi connectivity index (χ0v) is 17.8. The van der Waals surface area contributed by atoms with E-state index in [-0.39, 0.29) is 17.2 Å². The second kappa shape index (κ2) is 8.55. The molecule has 3 aromatic carbocycles. The van der Waals surface area contributed by atoms with Crippen LogP contribution in [0.2, 0.25) is 0 Å². The maximum Gasteiger partial charge on any atom is 0.291 e. The van der Waals surface area contributed by atoms with Gasteiger partial charge in [-0.05, 0) is 48.5 Å². The van der Waals surface area contributed by atoms with Gasteiger partial charge < -0.3 is 18.9 Å². The average molecular weight is 455 g/mol. The number of carbonyl (C=O) groups excluding carboxylic acids is 1. The minimum atomic E-state index is -0.512. The van der Waals surface area contributed by atoms with E-state index >= 15 is 0 Å². The van der Waals surface area contributed by atoms with Gasteiger partial charge in [-0.25, -0.2) is 4.98 Å².